The topological polar surface area (TPSA) is 18.5 Å². The lowest BCUT2D eigenvalue weighted by Crippen LogP contribution is -2.30. The van der Waals surface area contributed by atoms with Crippen molar-refractivity contribution in [2.24, 2.45) is 0 Å². The van der Waals surface area contributed by atoms with Gasteiger partial charge in [0.2, 0.25) is 0 Å². The first-order valence-electron chi connectivity index (χ1n) is 6.49. The second-order valence-electron chi connectivity index (χ2n) is 4.92. The fourth-order valence-corrected chi connectivity index (χ4v) is 3.21. The molecule has 0 spiro atoms. The lowest BCUT2D eigenvalue weighted by molar-refractivity contribution is 0.414. The molecule has 0 aromatic heterocycles. The lowest BCUT2D eigenvalue weighted by atomic mass is 9.91. The van der Waals surface area contributed by atoms with Gasteiger partial charge in [0.25, 0.3) is 0 Å². The molecule has 0 radical (unpaired) electrons. The summed E-state index contributed by atoms with van der Waals surface area (Å²) in [7, 11) is 4.28. The predicted octanol–water partition coefficient (Wildman–Crippen LogP) is 2.55. The number of alkyl halides is 1. The van der Waals surface area contributed by atoms with E-state index >= 15 is 0 Å². The fraction of sp³-hybridized carbons (Fsp3) is 0.250. The van der Waals surface area contributed by atoms with E-state index < -0.39 is 0 Å². The predicted molar refractivity (Wildman–Crippen MR) is 87.4 cm³/mol. The van der Waals surface area contributed by atoms with Gasteiger partial charge in [-0.3, -0.25) is 0 Å². The van der Waals surface area contributed by atoms with Gasteiger partial charge in [-0.05, 0) is 35.4 Å². The first-order valence-corrected chi connectivity index (χ1v) is 8.02. The average Bonchev–Trinajstić information content (AvgIpc) is 2.54. The summed E-state index contributed by atoms with van der Waals surface area (Å²) < 4.78 is 10.4. The molecule has 2 nitrogen and oxygen atoms in total. The summed E-state index contributed by atoms with van der Waals surface area (Å²) in [5, 5.41) is -0.0971. The van der Waals surface area contributed by atoms with E-state index in [0.717, 1.165) is 21.7 Å². The maximum Gasteiger partial charge on any atom is 0.118 e. The van der Waals surface area contributed by atoms with Crippen molar-refractivity contribution < 1.29 is 9.47 Å². The molecule has 2 rings (SSSR count). The minimum Gasteiger partial charge on any atom is -0.497 e. The lowest BCUT2D eigenvalue weighted by Gasteiger charge is -2.29. The van der Waals surface area contributed by atoms with Crippen molar-refractivity contribution in [2.75, 3.05) is 20.1 Å². The standard InChI is InChI=1S/C16H19ClO2Si/c1-18-14-7-3-12(4-8-14)16(20,11-17)13-5-9-15(19-2)10-6-13/h3-10H,11H2,1-2,20H3. The Bertz CT molecular complexity index is 504. The van der Waals surface area contributed by atoms with Gasteiger partial charge in [-0.2, -0.15) is 0 Å². The highest BCUT2D eigenvalue weighted by Crippen LogP contribution is 2.32. The number of halogens is 1. The van der Waals surface area contributed by atoms with E-state index in [0.29, 0.717) is 5.88 Å². The van der Waals surface area contributed by atoms with E-state index in [4.69, 9.17) is 21.1 Å². The molecule has 0 saturated heterocycles. The van der Waals surface area contributed by atoms with Crippen LogP contribution in [0.5, 0.6) is 11.5 Å². The number of hydrogen-bond donors (Lipinski definition) is 0. The Hall–Kier alpha value is -1.45. The Morgan fingerprint density at radius 1 is 0.850 bits per heavy atom. The molecule has 0 N–H and O–H groups in total. The van der Waals surface area contributed by atoms with Gasteiger partial charge < -0.3 is 9.47 Å². The van der Waals surface area contributed by atoms with E-state index in [2.05, 4.69) is 24.3 Å². The van der Waals surface area contributed by atoms with Crippen molar-refractivity contribution in [1.82, 2.24) is 0 Å². The van der Waals surface area contributed by atoms with Crippen LogP contribution in [0, 0.1) is 0 Å². The van der Waals surface area contributed by atoms with E-state index in [9.17, 15) is 0 Å². The SMILES string of the molecule is COc1ccc(C([SiH3])(CCl)c2ccc(OC)cc2)cc1. The summed E-state index contributed by atoms with van der Waals surface area (Å²) in [6, 6.07) is 16.3. The van der Waals surface area contributed by atoms with Crippen LogP contribution < -0.4 is 9.47 Å². The second kappa shape index (κ2) is 6.33. The molecule has 0 aliphatic heterocycles. The molecule has 0 bridgehead atoms. The van der Waals surface area contributed by atoms with E-state index in [1.807, 2.05) is 24.3 Å². The molecule has 0 heterocycles. The highest BCUT2D eigenvalue weighted by molar-refractivity contribution is 6.28. The van der Waals surface area contributed by atoms with Gasteiger partial charge in [0.05, 0.1) is 14.2 Å². The van der Waals surface area contributed by atoms with Crippen molar-refractivity contribution in [1.29, 1.82) is 0 Å². The van der Waals surface area contributed by atoms with E-state index in [1.165, 1.54) is 11.1 Å². The first kappa shape index (κ1) is 14.9. The largest absolute Gasteiger partial charge is 0.497 e. The van der Waals surface area contributed by atoms with Gasteiger partial charge >= 0.3 is 0 Å². The van der Waals surface area contributed by atoms with Crippen LogP contribution in [0.1, 0.15) is 11.1 Å². The molecule has 0 unspecified atom stereocenters. The molecule has 0 fully saturated rings. The Kier molecular flexibility index (Phi) is 4.73. The summed E-state index contributed by atoms with van der Waals surface area (Å²) >= 11 is 6.30. The van der Waals surface area contributed by atoms with Crippen molar-refractivity contribution in [3.8, 4) is 11.5 Å². The number of methoxy groups -OCH3 is 2. The Morgan fingerprint density at radius 3 is 1.45 bits per heavy atom. The third-order valence-electron chi connectivity index (χ3n) is 3.72. The summed E-state index contributed by atoms with van der Waals surface area (Å²) in [5.74, 6) is 2.29. The molecule has 0 saturated carbocycles. The Balaban J connectivity index is 2.39. The highest BCUT2D eigenvalue weighted by atomic mass is 35.5. The number of benzene rings is 2. The normalized spacial score (nSPS) is 11.3. The van der Waals surface area contributed by atoms with Gasteiger partial charge in [-0.15, -0.1) is 11.6 Å². The smallest absolute Gasteiger partial charge is 0.118 e. The Morgan fingerprint density at radius 2 is 1.20 bits per heavy atom. The summed E-state index contributed by atoms with van der Waals surface area (Å²) in [6.07, 6.45) is 0. The molecule has 2 aromatic rings. The van der Waals surface area contributed by atoms with Crippen LogP contribution in [0.4, 0.5) is 0 Å². The van der Waals surface area contributed by atoms with Crippen molar-refractivity contribution in [3.05, 3.63) is 59.7 Å². The summed E-state index contributed by atoms with van der Waals surface area (Å²) in [4.78, 5) is 0. The molecule has 106 valence electrons. The third kappa shape index (κ3) is 2.84. The van der Waals surface area contributed by atoms with Crippen molar-refractivity contribution >= 4 is 21.8 Å². The molecule has 2 aromatic carbocycles. The number of hydrogen-bond acceptors (Lipinski definition) is 2. The first-order chi connectivity index (χ1) is 9.63. The summed E-state index contributed by atoms with van der Waals surface area (Å²) in [5.41, 5.74) is 2.45. The van der Waals surface area contributed by atoms with Gasteiger partial charge in [0.15, 0.2) is 0 Å². The van der Waals surface area contributed by atoms with Crippen LogP contribution in [0.3, 0.4) is 0 Å². The average molecular weight is 307 g/mol. The molecule has 0 atom stereocenters. The van der Waals surface area contributed by atoms with Crippen LogP contribution in [0.25, 0.3) is 0 Å². The van der Waals surface area contributed by atoms with E-state index in [-0.39, 0.29) is 5.04 Å². The number of ether oxygens (including phenoxy) is 2. The highest BCUT2D eigenvalue weighted by Gasteiger charge is 2.27. The molecular weight excluding hydrogens is 288 g/mol. The van der Waals surface area contributed by atoms with E-state index in [1.54, 1.807) is 14.2 Å². The molecule has 0 aliphatic carbocycles. The Labute approximate surface area is 128 Å². The van der Waals surface area contributed by atoms with Crippen LogP contribution in [0.2, 0.25) is 0 Å². The van der Waals surface area contributed by atoms with Crippen LogP contribution in [-0.4, -0.2) is 30.3 Å². The number of rotatable bonds is 5. The molecule has 20 heavy (non-hydrogen) atoms. The summed E-state index contributed by atoms with van der Waals surface area (Å²) in [6.45, 7) is 0. The zero-order valence-corrected chi connectivity index (χ0v) is 14.8. The van der Waals surface area contributed by atoms with Crippen LogP contribution in [0.15, 0.2) is 48.5 Å². The monoisotopic (exact) mass is 306 g/mol. The van der Waals surface area contributed by atoms with Gasteiger partial charge in [-0.25, -0.2) is 0 Å². The van der Waals surface area contributed by atoms with Crippen molar-refractivity contribution in [3.63, 3.8) is 0 Å². The van der Waals surface area contributed by atoms with Crippen molar-refractivity contribution in [2.45, 2.75) is 5.04 Å². The van der Waals surface area contributed by atoms with Gasteiger partial charge in [0, 0.05) is 21.2 Å². The quantitative estimate of drug-likeness (QED) is 0.624. The van der Waals surface area contributed by atoms with Gasteiger partial charge in [0.1, 0.15) is 11.5 Å². The molecule has 4 heteroatoms. The molecular formula is C16H19ClO2Si. The molecule has 0 amide bonds. The molecule has 0 aliphatic rings. The van der Waals surface area contributed by atoms with Crippen LogP contribution in [-0.2, 0) is 5.04 Å². The van der Waals surface area contributed by atoms with Crippen LogP contribution >= 0.6 is 11.6 Å². The third-order valence-corrected chi connectivity index (χ3v) is 6.21. The minimum atomic E-state index is -0.0971. The zero-order chi connectivity index (χ0) is 14.6. The van der Waals surface area contributed by atoms with Gasteiger partial charge in [-0.1, -0.05) is 24.3 Å². The maximum absolute atomic E-state index is 6.30. The zero-order valence-electron chi connectivity index (χ0n) is 12.0. The minimum absolute atomic E-state index is 0.0971. The maximum atomic E-state index is 6.30. The fourth-order valence-electron chi connectivity index (χ4n) is 2.24. The second-order valence-corrected chi connectivity index (χ2v) is 6.90.